The number of nitrogens with one attached hydrogen (secondary N) is 2. The summed E-state index contributed by atoms with van der Waals surface area (Å²) in [6, 6.07) is 7.23. The molecule has 0 atom stereocenters. The number of fused-ring (bicyclic) bond motifs is 1. The number of aromatic amines is 1. The second kappa shape index (κ2) is 5.64. The number of para-hydroxylation sites is 1. The zero-order valence-corrected chi connectivity index (χ0v) is 12.2. The minimum absolute atomic E-state index is 0.312. The summed E-state index contributed by atoms with van der Waals surface area (Å²) < 4.78 is 27.3. The molecular weight excluding hydrogens is 278 g/mol. The number of H-pyrrole nitrogens is 1. The number of hydrogen-bond donors (Lipinski definition) is 2. The van der Waals surface area contributed by atoms with E-state index in [0.29, 0.717) is 24.0 Å². The first-order chi connectivity index (χ1) is 9.49. The highest BCUT2D eigenvalue weighted by Crippen LogP contribution is 2.17. The molecule has 0 fully saturated rings. The van der Waals surface area contributed by atoms with E-state index in [9.17, 15) is 13.2 Å². The standard InChI is InChI=1S/C13H17N3O3S/c1-3-16(4-2)20(18,19)15-13(17)11-9-14-12-8-6-5-7-10(11)12/h5-9,14H,3-4H2,1-2H3,(H,15,17). The van der Waals surface area contributed by atoms with Crippen molar-refractivity contribution in [2.75, 3.05) is 13.1 Å². The lowest BCUT2D eigenvalue weighted by molar-refractivity contribution is 0.0981. The highest BCUT2D eigenvalue weighted by molar-refractivity contribution is 7.87. The van der Waals surface area contributed by atoms with E-state index in [1.807, 2.05) is 12.1 Å². The van der Waals surface area contributed by atoms with Gasteiger partial charge in [0.25, 0.3) is 5.91 Å². The molecule has 2 rings (SSSR count). The van der Waals surface area contributed by atoms with Gasteiger partial charge in [0.1, 0.15) is 0 Å². The summed E-state index contributed by atoms with van der Waals surface area (Å²) in [5.74, 6) is -0.630. The van der Waals surface area contributed by atoms with Crippen LogP contribution in [0.4, 0.5) is 0 Å². The summed E-state index contributed by atoms with van der Waals surface area (Å²) >= 11 is 0. The Morgan fingerprint density at radius 1 is 1.25 bits per heavy atom. The highest BCUT2D eigenvalue weighted by Gasteiger charge is 2.23. The van der Waals surface area contributed by atoms with Crippen molar-refractivity contribution in [2.45, 2.75) is 13.8 Å². The Kier molecular flexibility index (Phi) is 4.10. The molecule has 0 unspecified atom stereocenters. The quantitative estimate of drug-likeness (QED) is 0.876. The van der Waals surface area contributed by atoms with Crippen molar-refractivity contribution in [2.24, 2.45) is 0 Å². The Morgan fingerprint density at radius 2 is 1.90 bits per heavy atom. The minimum atomic E-state index is -3.80. The molecule has 0 radical (unpaired) electrons. The van der Waals surface area contributed by atoms with Crippen LogP contribution in [0.1, 0.15) is 24.2 Å². The third-order valence-corrected chi connectivity index (χ3v) is 4.74. The largest absolute Gasteiger partial charge is 0.360 e. The maximum Gasteiger partial charge on any atom is 0.304 e. The van der Waals surface area contributed by atoms with Crippen LogP contribution in [0.2, 0.25) is 0 Å². The predicted octanol–water partition coefficient (Wildman–Crippen LogP) is 1.48. The van der Waals surface area contributed by atoms with Crippen molar-refractivity contribution in [3.05, 3.63) is 36.0 Å². The van der Waals surface area contributed by atoms with Crippen LogP contribution in [-0.2, 0) is 10.2 Å². The molecule has 20 heavy (non-hydrogen) atoms. The molecule has 2 N–H and O–H groups in total. The molecule has 1 heterocycles. The van der Waals surface area contributed by atoms with Gasteiger partial charge in [-0.2, -0.15) is 12.7 Å². The maximum absolute atomic E-state index is 12.1. The minimum Gasteiger partial charge on any atom is -0.360 e. The predicted molar refractivity (Wildman–Crippen MR) is 77.6 cm³/mol. The molecule has 7 heteroatoms. The molecule has 1 aromatic heterocycles. The smallest absolute Gasteiger partial charge is 0.304 e. The van der Waals surface area contributed by atoms with Gasteiger partial charge >= 0.3 is 10.2 Å². The van der Waals surface area contributed by atoms with Crippen LogP contribution in [0, 0.1) is 0 Å². The first-order valence-corrected chi connectivity index (χ1v) is 7.82. The van der Waals surface area contributed by atoms with Gasteiger partial charge < -0.3 is 4.98 Å². The Hall–Kier alpha value is -1.86. The number of rotatable bonds is 5. The number of nitrogens with zero attached hydrogens (tertiary/aromatic N) is 1. The maximum atomic E-state index is 12.1. The molecule has 0 saturated heterocycles. The van der Waals surface area contributed by atoms with Crippen molar-refractivity contribution >= 4 is 27.0 Å². The van der Waals surface area contributed by atoms with Gasteiger partial charge in [0.05, 0.1) is 5.56 Å². The molecule has 6 nitrogen and oxygen atoms in total. The highest BCUT2D eigenvalue weighted by atomic mass is 32.2. The fourth-order valence-corrected chi connectivity index (χ4v) is 3.21. The molecule has 0 spiro atoms. The van der Waals surface area contributed by atoms with Crippen LogP contribution in [0.3, 0.4) is 0 Å². The average Bonchev–Trinajstić information content (AvgIpc) is 2.83. The van der Waals surface area contributed by atoms with E-state index in [-0.39, 0.29) is 0 Å². The first-order valence-electron chi connectivity index (χ1n) is 6.38. The third kappa shape index (κ3) is 2.68. The molecule has 0 aliphatic heterocycles. The Balaban J connectivity index is 2.29. The van der Waals surface area contributed by atoms with Crippen LogP contribution in [0.15, 0.2) is 30.5 Å². The number of amides is 1. The third-order valence-electron chi connectivity index (χ3n) is 3.10. The second-order valence-corrected chi connectivity index (χ2v) is 5.94. The molecule has 1 aromatic carbocycles. The number of benzene rings is 1. The number of carbonyl (C=O) groups excluding carboxylic acids is 1. The second-order valence-electron chi connectivity index (χ2n) is 4.27. The Bertz CT molecular complexity index is 717. The zero-order chi connectivity index (χ0) is 14.8. The lowest BCUT2D eigenvalue weighted by Crippen LogP contribution is -2.43. The summed E-state index contributed by atoms with van der Waals surface area (Å²) in [5, 5.41) is 0.694. The summed E-state index contributed by atoms with van der Waals surface area (Å²) in [4.78, 5) is 15.1. The van der Waals surface area contributed by atoms with Crippen molar-refractivity contribution < 1.29 is 13.2 Å². The summed E-state index contributed by atoms with van der Waals surface area (Å²) in [7, 11) is -3.80. The normalized spacial score (nSPS) is 11.9. The van der Waals surface area contributed by atoms with Gasteiger partial charge in [0, 0.05) is 30.2 Å². The molecule has 2 aromatic rings. The van der Waals surface area contributed by atoms with E-state index in [1.54, 1.807) is 26.0 Å². The van der Waals surface area contributed by atoms with E-state index in [2.05, 4.69) is 9.71 Å². The Morgan fingerprint density at radius 3 is 2.55 bits per heavy atom. The van der Waals surface area contributed by atoms with Gasteiger partial charge in [-0.25, -0.2) is 4.72 Å². The van der Waals surface area contributed by atoms with Crippen molar-refractivity contribution in [3.8, 4) is 0 Å². The summed E-state index contributed by atoms with van der Waals surface area (Å²) in [5.41, 5.74) is 1.11. The van der Waals surface area contributed by atoms with Gasteiger partial charge in [-0.1, -0.05) is 32.0 Å². The molecule has 1 amide bonds. The molecular formula is C13H17N3O3S. The van der Waals surface area contributed by atoms with Gasteiger partial charge in [-0.05, 0) is 6.07 Å². The zero-order valence-electron chi connectivity index (χ0n) is 11.4. The van der Waals surface area contributed by atoms with Gasteiger partial charge in [0.2, 0.25) is 0 Å². The van der Waals surface area contributed by atoms with Crippen LogP contribution >= 0.6 is 0 Å². The van der Waals surface area contributed by atoms with Crippen LogP contribution in [0.25, 0.3) is 10.9 Å². The van der Waals surface area contributed by atoms with E-state index in [1.165, 1.54) is 10.5 Å². The van der Waals surface area contributed by atoms with E-state index < -0.39 is 16.1 Å². The van der Waals surface area contributed by atoms with Crippen molar-refractivity contribution in [1.29, 1.82) is 0 Å². The van der Waals surface area contributed by atoms with E-state index in [4.69, 9.17) is 0 Å². The molecule has 0 saturated carbocycles. The summed E-state index contributed by atoms with van der Waals surface area (Å²) in [6.07, 6.45) is 1.51. The SMILES string of the molecule is CCN(CC)S(=O)(=O)NC(=O)c1c[nH]c2ccccc12. The molecule has 0 bridgehead atoms. The number of aromatic nitrogens is 1. The van der Waals surface area contributed by atoms with Gasteiger partial charge in [0.15, 0.2) is 0 Å². The average molecular weight is 295 g/mol. The van der Waals surface area contributed by atoms with Gasteiger partial charge in [-0.15, -0.1) is 0 Å². The topological polar surface area (TPSA) is 82.3 Å². The van der Waals surface area contributed by atoms with Crippen LogP contribution in [-0.4, -0.2) is 36.7 Å². The van der Waals surface area contributed by atoms with Crippen LogP contribution in [0.5, 0.6) is 0 Å². The van der Waals surface area contributed by atoms with E-state index >= 15 is 0 Å². The molecule has 108 valence electrons. The lowest BCUT2D eigenvalue weighted by atomic mass is 10.2. The number of carbonyl (C=O) groups is 1. The fourth-order valence-electron chi connectivity index (χ4n) is 2.06. The lowest BCUT2D eigenvalue weighted by Gasteiger charge is -2.18. The van der Waals surface area contributed by atoms with Crippen molar-refractivity contribution in [3.63, 3.8) is 0 Å². The van der Waals surface area contributed by atoms with E-state index in [0.717, 1.165) is 5.52 Å². The van der Waals surface area contributed by atoms with Gasteiger partial charge in [-0.3, -0.25) is 4.79 Å². The monoisotopic (exact) mass is 295 g/mol. The number of hydrogen-bond acceptors (Lipinski definition) is 3. The summed E-state index contributed by atoms with van der Waals surface area (Å²) in [6.45, 7) is 4.07. The molecule has 0 aliphatic rings. The molecule has 0 aliphatic carbocycles. The first kappa shape index (κ1) is 14.5. The van der Waals surface area contributed by atoms with Crippen LogP contribution < -0.4 is 4.72 Å². The Labute approximate surface area is 118 Å². The van der Waals surface area contributed by atoms with Crippen molar-refractivity contribution in [1.82, 2.24) is 14.0 Å². The fraction of sp³-hybridized carbons (Fsp3) is 0.308.